The summed E-state index contributed by atoms with van der Waals surface area (Å²) in [6, 6.07) is 14.2. The van der Waals surface area contributed by atoms with Gasteiger partial charge < -0.3 is 14.9 Å². The van der Waals surface area contributed by atoms with Crippen molar-refractivity contribution in [3.8, 4) is 11.4 Å². The lowest BCUT2D eigenvalue weighted by atomic mass is 10.1. The van der Waals surface area contributed by atoms with Crippen LogP contribution < -0.4 is 5.32 Å². The van der Waals surface area contributed by atoms with E-state index in [0.717, 1.165) is 64.3 Å². The highest BCUT2D eigenvalue weighted by Gasteiger charge is 2.17. The fraction of sp³-hybridized carbons (Fsp3) is 0.292. The molecule has 6 nitrogen and oxygen atoms in total. The Balaban J connectivity index is 1.39. The number of benzene rings is 2. The smallest absolute Gasteiger partial charge is 0.228 e. The normalized spacial score (nSPS) is 13.8. The standard InChI is InChI=1S/C24H25N5O/c1-16-10-11-17(24-28-27-22-9-3-2-6-12-29(22)24)13-21(16)26-23(30)14-18-15-25-20-8-5-4-7-19(18)20/h4-5,7-8,10-11,13,15,25H,2-3,6,9,12,14H2,1H3,(H,26,30). The third-order valence-corrected chi connectivity index (χ3v) is 5.91. The molecule has 0 fully saturated rings. The summed E-state index contributed by atoms with van der Waals surface area (Å²) in [5.74, 6) is 1.92. The molecule has 3 heterocycles. The van der Waals surface area contributed by atoms with Crippen LogP contribution in [0.5, 0.6) is 0 Å². The number of carbonyl (C=O) groups excluding carboxylic acids is 1. The van der Waals surface area contributed by atoms with Crippen molar-refractivity contribution < 1.29 is 4.79 Å². The number of aryl methyl sites for hydroxylation is 2. The summed E-state index contributed by atoms with van der Waals surface area (Å²) >= 11 is 0. The lowest BCUT2D eigenvalue weighted by Gasteiger charge is -2.12. The second-order valence-electron chi connectivity index (χ2n) is 8.02. The first-order valence-electron chi connectivity index (χ1n) is 10.6. The van der Waals surface area contributed by atoms with Gasteiger partial charge in [-0.3, -0.25) is 4.79 Å². The van der Waals surface area contributed by atoms with Gasteiger partial charge in [-0.2, -0.15) is 0 Å². The Bertz CT molecular complexity index is 1220. The zero-order valence-electron chi connectivity index (χ0n) is 17.1. The van der Waals surface area contributed by atoms with E-state index >= 15 is 0 Å². The van der Waals surface area contributed by atoms with Crippen molar-refractivity contribution in [2.45, 2.75) is 45.6 Å². The zero-order chi connectivity index (χ0) is 20.5. The van der Waals surface area contributed by atoms with E-state index in [1.807, 2.05) is 49.5 Å². The quantitative estimate of drug-likeness (QED) is 0.525. The third-order valence-electron chi connectivity index (χ3n) is 5.91. The first-order chi connectivity index (χ1) is 14.7. The summed E-state index contributed by atoms with van der Waals surface area (Å²) in [7, 11) is 0. The van der Waals surface area contributed by atoms with Gasteiger partial charge in [-0.05, 0) is 43.0 Å². The number of H-pyrrole nitrogens is 1. The Labute approximate surface area is 175 Å². The number of hydrogen-bond donors (Lipinski definition) is 2. The molecule has 0 saturated heterocycles. The van der Waals surface area contributed by atoms with Crippen molar-refractivity contribution in [3.05, 3.63) is 65.6 Å². The monoisotopic (exact) mass is 399 g/mol. The molecular weight excluding hydrogens is 374 g/mol. The molecule has 1 aliphatic heterocycles. The molecular formula is C24H25N5O. The van der Waals surface area contributed by atoms with Crippen LogP contribution in [0.3, 0.4) is 0 Å². The SMILES string of the molecule is Cc1ccc(-c2nnc3n2CCCCC3)cc1NC(=O)Cc1c[nH]c2ccccc12. The lowest BCUT2D eigenvalue weighted by Crippen LogP contribution is -2.15. The van der Waals surface area contributed by atoms with Crippen LogP contribution in [-0.2, 0) is 24.2 Å². The minimum atomic E-state index is -0.0277. The van der Waals surface area contributed by atoms with Crippen LogP contribution in [0.1, 0.15) is 36.2 Å². The largest absolute Gasteiger partial charge is 0.361 e. The third kappa shape index (κ3) is 3.49. The molecule has 0 atom stereocenters. The topological polar surface area (TPSA) is 75.6 Å². The number of hydrogen-bond acceptors (Lipinski definition) is 3. The molecule has 2 aromatic heterocycles. The Kier molecular flexibility index (Phi) is 4.83. The molecule has 0 unspecified atom stereocenters. The average molecular weight is 399 g/mol. The predicted octanol–water partition coefficient (Wildman–Crippen LogP) is 4.64. The molecule has 5 rings (SSSR count). The van der Waals surface area contributed by atoms with Gasteiger partial charge in [0.2, 0.25) is 5.91 Å². The maximum Gasteiger partial charge on any atom is 0.228 e. The van der Waals surface area contributed by atoms with Gasteiger partial charge in [0, 0.05) is 41.3 Å². The van der Waals surface area contributed by atoms with Crippen molar-refractivity contribution in [2.24, 2.45) is 0 Å². The van der Waals surface area contributed by atoms with E-state index in [1.165, 1.54) is 12.8 Å². The Morgan fingerprint density at radius 2 is 2.03 bits per heavy atom. The Hall–Kier alpha value is -3.41. The number of para-hydroxylation sites is 1. The highest BCUT2D eigenvalue weighted by atomic mass is 16.1. The van der Waals surface area contributed by atoms with E-state index < -0.39 is 0 Å². The van der Waals surface area contributed by atoms with Crippen molar-refractivity contribution >= 4 is 22.5 Å². The molecule has 2 aromatic carbocycles. The van der Waals surface area contributed by atoms with Crippen molar-refractivity contribution in [1.82, 2.24) is 19.7 Å². The molecule has 0 radical (unpaired) electrons. The maximum atomic E-state index is 12.8. The number of aromatic nitrogens is 4. The Morgan fingerprint density at radius 1 is 1.13 bits per heavy atom. The van der Waals surface area contributed by atoms with E-state index in [9.17, 15) is 4.79 Å². The van der Waals surface area contributed by atoms with E-state index in [0.29, 0.717) is 6.42 Å². The molecule has 4 aromatic rings. The molecule has 0 spiro atoms. The van der Waals surface area contributed by atoms with Gasteiger partial charge in [0.05, 0.1) is 6.42 Å². The van der Waals surface area contributed by atoms with Gasteiger partial charge in [0.15, 0.2) is 5.82 Å². The Morgan fingerprint density at radius 3 is 2.97 bits per heavy atom. The van der Waals surface area contributed by atoms with Crippen LogP contribution >= 0.6 is 0 Å². The van der Waals surface area contributed by atoms with Crippen molar-refractivity contribution in [2.75, 3.05) is 5.32 Å². The van der Waals surface area contributed by atoms with Crippen LogP contribution in [0, 0.1) is 6.92 Å². The van der Waals surface area contributed by atoms with Crippen molar-refractivity contribution in [1.29, 1.82) is 0 Å². The summed E-state index contributed by atoms with van der Waals surface area (Å²) in [6.45, 7) is 2.96. The first kappa shape index (κ1) is 18.6. The number of amides is 1. The summed E-state index contributed by atoms with van der Waals surface area (Å²) in [6.07, 6.45) is 6.77. The summed E-state index contributed by atoms with van der Waals surface area (Å²) < 4.78 is 2.23. The van der Waals surface area contributed by atoms with Crippen LogP contribution in [0.2, 0.25) is 0 Å². The van der Waals surface area contributed by atoms with E-state index in [1.54, 1.807) is 0 Å². The number of aromatic amines is 1. The number of carbonyl (C=O) groups is 1. The molecule has 6 heteroatoms. The number of fused-ring (bicyclic) bond motifs is 2. The molecule has 0 aliphatic carbocycles. The van der Waals surface area contributed by atoms with E-state index in [4.69, 9.17) is 0 Å². The average Bonchev–Trinajstić information content (AvgIpc) is 3.26. The van der Waals surface area contributed by atoms with Gasteiger partial charge in [-0.1, -0.05) is 36.8 Å². The van der Waals surface area contributed by atoms with Gasteiger partial charge in [0.1, 0.15) is 5.82 Å². The molecule has 0 bridgehead atoms. The molecule has 1 aliphatic rings. The summed E-state index contributed by atoms with van der Waals surface area (Å²) in [4.78, 5) is 16.0. The van der Waals surface area contributed by atoms with Gasteiger partial charge in [0.25, 0.3) is 0 Å². The molecule has 0 saturated carbocycles. The minimum Gasteiger partial charge on any atom is -0.361 e. The second-order valence-corrected chi connectivity index (χ2v) is 8.02. The maximum absolute atomic E-state index is 12.8. The van der Waals surface area contributed by atoms with Crippen LogP contribution in [0.15, 0.2) is 48.7 Å². The molecule has 2 N–H and O–H groups in total. The highest BCUT2D eigenvalue weighted by Crippen LogP contribution is 2.27. The summed E-state index contributed by atoms with van der Waals surface area (Å²) in [5, 5.41) is 13.0. The number of nitrogens with zero attached hydrogens (tertiary/aromatic N) is 3. The van der Waals surface area contributed by atoms with E-state index in [-0.39, 0.29) is 5.91 Å². The highest BCUT2D eigenvalue weighted by molar-refractivity contribution is 5.96. The number of anilines is 1. The van der Waals surface area contributed by atoms with Gasteiger partial charge in [-0.15, -0.1) is 10.2 Å². The first-order valence-corrected chi connectivity index (χ1v) is 10.6. The fourth-order valence-corrected chi connectivity index (χ4v) is 4.24. The number of rotatable bonds is 4. The zero-order valence-corrected chi connectivity index (χ0v) is 17.1. The van der Waals surface area contributed by atoms with Crippen LogP contribution in [0.4, 0.5) is 5.69 Å². The minimum absolute atomic E-state index is 0.0277. The van der Waals surface area contributed by atoms with Crippen LogP contribution in [0.25, 0.3) is 22.3 Å². The molecule has 30 heavy (non-hydrogen) atoms. The molecule has 1 amide bonds. The van der Waals surface area contributed by atoms with E-state index in [2.05, 4.69) is 31.1 Å². The van der Waals surface area contributed by atoms with Crippen LogP contribution in [-0.4, -0.2) is 25.7 Å². The molecule has 152 valence electrons. The lowest BCUT2D eigenvalue weighted by molar-refractivity contribution is -0.115. The van der Waals surface area contributed by atoms with Gasteiger partial charge in [-0.25, -0.2) is 0 Å². The van der Waals surface area contributed by atoms with Gasteiger partial charge >= 0.3 is 0 Å². The number of nitrogens with one attached hydrogen (secondary N) is 2. The summed E-state index contributed by atoms with van der Waals surface area (Å²) in [5.41, 5.74) is 4.89. The van der Waals surface area contributed by atoms with Crippen molar-refractivity contribution in [3.63, 3.8) is 0 Å². The second kappa shape index (κ2) is 7.78. The fourth-order valence-electron chi connectivity index (χ4n) is 4.24. The predicted molar refractivity (Wildman–Crippen MR) is 118 cm³/mol.